The van der Waals surface area contributed by atoms with E-state index >= 15 is 0 Å². The summed E-state index contributed by atoms with van der Waals surface area (Å²) in [5, 5.41) is 5.04. The van der Waals surface area contributed by atoms with Gasteiger partial charge in [0.05, 0.1) is 10.6 Å². The van der Waals surface area contributed by atoms with E-state index in [1.54, 1.807) is 18.2 Å². The largest absolute Gasteiger partial charge is 0.355 e. The van der Waals surface area contributed by atoms with Crippen molar-refractivity contribution in [2.45, 2.75) is 11.8 Å². The highest BCUT2D eigenvalue weighted by Crippen LogP contribution is 2.20. The molecule has 0 aliphatic carbocycles. The Bertz CT molecular complexity index is 861. The molecule has 7 nitrogen and oxygen atoms in total. The Morgan fingerprint density at radius 1 is 0.958 bits per heavy atom. The quantitative estimate of drug-likeness (QED) is 0.767. The van der Waals surface area contributed by atoms with Crippen LogP contribution in [0.15, 0.2) is 53.4 Å². The summed E-state index contributed by atoms with van der Waals surface area (Å²) in [6.45, 7) is 1.37. The van der Waals surface area contributed by atoms with Gasteiger partial charge in [0.15, 0.2) is 0 Å². The maximum absolute atomic E-state index is 12.4. The number of hydrogen-bond acceptors (Lipinski definition) is 4. The molecule has 0 aromatic heterocycles. The van der Waals surface area contributed by atoms with E-state index in [4.69, 9.17) is 0 Å². The number of carbonyl (C=O) groups is 2. The molecule has 0 fully saturated rings. The molecule has 0 spiro atoms. The van der Waals surface area contributed by atoms with Crippen molar-refractivity contribution in [2.75, 3.05) is 17.1 Å². The summed E-state index contributed by atoms with van der Waals surface area (Å²) in [4.78, 5) is 22.6. The summed E-state index contributed by atoms with van der Waals surface area (Å²) in [7, 11) is -2.31. The minimum Gasteiger partial charge on any atom is -0.355 e. The topological polar surface area (TPSA) is 104 Å². The molecule has 0 saturated carbocycles. The molecule has 0 unspecified atom stereocenters. The van der Waals surface area contributed by atoms with Crippen LogP contribution in [0.25, 0.3) is 0 Å². The van der Waals surface area contributed by atoms with E-state index in [0.29, 0.717) is 16.9 Å². The molecular weight excluding hydrogens is 330 g/mol. The van der Waals surface area contributed by atoms with Crippen LogP contribution in [0.5, 0.6) is 0 Å². The molecular formula is C16H17N3O4S. The lowest BCUT2D eigenvalue weighted by Crippen LogP contribution is -2.18. The number of anilines is 2. The lowest BCUT2D eigenvalue weighted by Gasteiger charge is -2.10. The normalized spacial score (nSPS) is 10.8. The summed E-state index contributed by atoms with van der Waals surface area (Å²) in [6, 6.07) is 11.9. The first kappa shape index (κ1) is 17.5. The van der Waals surface area contributed by atoms with Gasteiger partial charge < -0.3 is 10.6 Å². The van der Waals surface area contributed by atoms with Crippen molar-refractivity contribution >= 4 is 33.2 Å². The molecule has 0 aliphatic rings. The van der Waals surface area contributed by atoms with Crippen LogP contribution < -0.4 is 15.4 Å². The fourth-order valence-electron chi connectivity index (χ4n) is 2.01. The minimum absolute atomic E-state index is 0.0279. The van der Waals surface area contributed by atoms with Crippen LogP contribution in [-0.2, 0) is 14.8 Å². The molecule has 126 valence electrons. The molecule has 0 radical (unpaired) electrons. The molecule has 24 heavy (non-hydrogen) atoms. The van der Waals surface area contributed by atoms with E-state index in [0.717, 1.165) is 0 Å². The third-order valence-corrected chi connectivity index (χ3v) is 4.49. The zero-order valence-corrected chi connectivity index (χ0v) is 14.0. The molecule has 2 amide bonds. The Kier molecular flexibility index (Phi) is 5.20. The molecule has 2 aromatic rings. The first-order valence-corrected chi connectivity index (χ1v) is 8.53. The second-order valence-corrected chi connectivity index (χ2v) is 6.65. The van der Waals surface area contributed by atoms with Gasteiger partial charge in [0, 0.05) is 25.2 Å². The Morgan fingerprint density at radius 2 is 1.58 bits per heavy atom. The third kappa shape index (κ3) is 4.32. The number of amides is 2. The van der Waals surface area contributed by atoms with E-state index in [2.05, 4.69) is 15.4 Å². The number of nitrogens with one attached hydrogen (secondary N) is 3. The average molecular weight is 347 g/mol. The summed E-state index contributed by atoms with van der Waals surface area (Å²) < 4.78 is 27.2. The van der Waals surface area contributed by atoms with Crippen LogP contribution in [0, 0.1) is 0 Å². The molecule has 0 saturated heterocycles. The van der Waals surface area contributed by atoms with Gasteiger partial charge in [-0.05, 0) is 42.5 Å². The van der Waals surface area contributed by atoms with Crippen molar-refractivity contribution in [3.63, 3.8) is 0 Å². The number of carbonyl (C=O) groups excluding carboxylic acids is 2. The van der Waals surface area contributed by atoms with Gasteiger partial charge in [-0.25, -0.2) is 8.42 Å². The molecule has 2 rings (SSSR count). The van der Waals surface area contributed by atoms with Gasteiger partial charge in [0.25, 0.3) is 15.9 Å². The smallest absolute Gasteiger partial charge is 0.261 e. The predicted molar refractivity (Wildman–Crippen MR) is 91.4 cm³/mol. The maximum Gasteiger partial charge on any atom is 0.261 e. The van der Waals surface area contributed by atoms with E-state index in [9.17, 15) is 18.0 Å². The van der Waals surface area contributed by atoms with Gasteiger partial charge in [0.1, 0.15) is 0 Å². The number of benzene rings is 2. The summed E-state index contributed by atoms with van der Waals surface area (Å²) in [5.74, 6) is -0.547. The fourth-order valence-corrected chi connectivity index (χ4v) is 3.06. The zero-order valence-electron chi connectivity index (χ0n) is 13.2. The molecule has 2 aromatic carbocycles. The van der Waals surface area contributed by atoms with Crippen molar-refractivity contribution in [1.29, 1.82) is 0 Å². The van der Waals surface area contributed by atoms with Crippen molar-refractivity contribution < 1.29 is 18.0 Å². The molecule has 3 N–H and O–H groups in total. The van der Waals surface area contributed by atoms with Crippen molar-refractivity contribution in [1.82, 2.24) is 5.32 Å². The van der Waals surface area contributed by atoms with E-state index in [-0.39, 0.29) is 16.7 Å². The van der Waals surface area contributed by atoms with Gasteiger partial charge in [-0.3, -0.25) is 14.3 Å². The zero-order chi connectivity index (χ0) is 17.7. The van der Waals surface area contributed by atoms with Crippen LogP contribution in [0.4, 0.5) is 11.4 Å². The maximum atomic E-state index is 12.4. The molecule has 0 atom stereocenters. The van der Waals surface area contributed by atoms with Crippen molar-refractivity contribution in [3.05, 3.63) is 54.1 Å². The van der Waals surface area contributed by atoms with Gasteiger partial charge in [-0.15, -0.1) is 0 Å². The summed E-state index contributed by atoms with van der Waals surface area (Å²) in [5.41, 5.74) is 1.17. The number of rotatable bonds is 5. The van der Waals surface area contributed by atoms with Crippen LogP contribution in [0.1, 0.15) is 17.3 Å². The fraction of sp³-hybridized carbons (Fsp3) is 0.125. The number of sulfonamides is 1. The minimum atomic E-state index is -3.80. The summed E-state index contributed by atoms with van der Waals surface area (Å²) in [6.07, 6.45) is 0. The highest BCUT2D eigenvalue weighted by atomic mass is 32.2. The average Bonchev–Trinajstić information content (AvgIpc) is 2.53. The summed E-state index contributed by atoms with van der Waals surface area (Å²) >= 11 is 0. The second kappa shape index (κ2) is 7.14. The van der Waals surface area contributed by atoms with Crippen LogP contribution in [-0.4, -0.2) is 27.3 Å². The van der Waals surface area contributed by atoms with Crippen LogP contribution in [0.2, 0.25) is 0 Å². The standard InChI is InChI=1S/C16H17N3O4S/c1-11(20)18-13-4-3-5-14(10-13)19-24(22,23)15-8-6-12(7-9-15)16(21)17-2/h3-10,19H,1-2H3,(H,17,21)(H,18,20). The van der Waals surface area contributed by atoms with Gasteiger partial charge in [-0.2, -0.15) is 0 Å². The second-order valence-electron chi connectivity index (χ2n) is 4.97. The molecule has 0 heterocycles. The Labute approximate surface area is 140 Å². The molecule has 0 aliphatic heterocycles. The van der Waals surface area contributed by atoms with Crippen molar-refractivity contribution in [3.8, 4) is 0 Å². The molecule has 0 bridgehead atoms. The number of hydrogen-bond donors (Lipinski definition) is 3. The lowest BCUT2D eigenvalue weighted by atomic mass is 10.2. The highest BCUT2D eigenvalue weighted by Gasteiger charge is 2.15. The molecule has 8 heteroatoms. The van der Waals surface area contributed by atoms with Crippen LogP contribution >= 0.6 is 0 Å². The lowest BCUT2D eigenvalue weighted by molar-refractivity contribution is -0.114. The van der Waals surface area contributed by atoms with Gasteiger partial charge >= 0.3 is 0 Å². The third-order valence-electron chi connectivity index (χ3n) is 3.09. The van der Waals surface area contributed by atoms with E-state index in [1.165, 1.54) is 44.3 Å². The predicted octanol–water partition coefficient (Wildman–Crippen LogP) is 1.81. The first-order valence-electron chi connectivity index (χ1n) is 7.04. The van der Waals surface area contributed by atoms with E-state index in [1.807, 2.05) is 0 Å². The monoisotopic (exact) mass is 347 g/mol. The Morgan fingerprint density at radius 3 is 2.17 bits per heavy atom. The Balaban J connectivity index is 2.22. The van der Waals surface area contributed by atoms with E-state index < -0.39 is 10.0 Å². The SMILES string of the molecule is CNC(=O)c1ccc(S(=O)(=O)Nc2cccc(NC(C)=O)c2)cc1. The van der Waals surface area contributed by atoms with Crippen molar-refractivity contribution in [2.24, 2.45) is 0 Å². The van der Waals surface area contributed by atoms with Crippen LogP contribution in [0.3, 0.4) is 0 Å². The Hall–Kier alpha value is -2.87. The highest BCUT2D eigenvalue weighted by molar-refractivity contribution is 7.92. The first-order chi connectivity index (χ1) is 11.3. The van der Waals surface area contributed by atoms with Gasteiger partial charge in [0.2, 0.25) is 5.91 Å². The van der Waals surface area contributed by atoms with Gasteiger partial charge in [-0.1, -0.05) is 6.07 Å².